The van der Waals surface area contributed by atoms with E-state index in [0.717, 1.165) is 12.0 Å². The lowest BCUT2D eigenvalue weighted by atomic mass is 10.2. The van der Waals surface area contributed by atoms with Crippen LogP contribution in [0.2, 0.25) is 0 Å². The molecule has 0 aliphatic rings. The van der Waals surface area contributed by atoms with Gasteiger partial charge in [0.05, 0.1) is 18.4 Å². The Balaban J connectivity index is 1.93. The monoisotopic (exact) mass is 245 g/mol. The highest BCUT2D eigenvalue weighted by Crippen LogP contribution is 2.03. The van der Waals surface area contributed by atoms with Crippen LogP contribution in [-0.4, -0.2) is 27.3 Å². The minimum absolute atomic E-state index is 0.329. The summed E-state index contributed by atoms with van der Waals surface area (Å²) >= 11 is 0. The van der Waals surface area contributed by atoms with Crippen LogP contribution < -0.4 is 0 Å². The molecule has 5 nitrogen and oxygen atoms in total. The Kier molecular flexibility index (Phi) is 4.06. The number of ether oxygens (including phenoxy) is 1. The van der Waals surface area contributed by atoms with Gasteiger partial charge in [0, 0.05) is 25.1 Å². The summed E-state index contributed by atoms with van der Waals surface area (Å²) in [6.45, 7) is 2.87. The van der Waals surface area contributed by atoms with Gasteiger partial charge in [-0.1, -0.05) is 6.07 Å². The van der Waals surface area contributed by atoms with E-state index in [9.17, 15) is 4.79 Å². The van der Waals surface area contributed by atoms with E-state index in [0.29, 0.717) is 18.7 Å². The Morgan fingerprint density at radius 3 is 3.06 bits per heavy atom. The highest BCUT2D eigenvalue weighted by atomic mass is 16.5. The lowest BCUT2D eigenvalue weighted by Crippen LogP contribution is -2.04. The van der Waals surface area contributed by atoms with Crippen molar-refractivity contribution in [3.05, 3.63) is 48.0 Å². The Hall–Kier alpha value is -2.17. The highest BCUT2D eigenvalue weighted by molar-refractivity contribution is 5.88. The molecule has 0 bridgehead atoms. The minimum Gasteiger partial charge on any atom is -0.462 e. The van der Waals surface area contributed by atoms with Crippen molar-refractivity contribution < 1.29 is 9.53 Å². The molecule has 0 spiro atoms. The molecule has 2 aromatic rings. The SMILES string of the molecule is CCOC(=O)c1cnn(CCc2cccnc2)c1. The Morgan fingerprint density at radius 2 is 2.33 bits per heavy atom. The average molecular weight is 245 g/mol. The zero-order valence-electron chi connectivity index (χ0n) is 10.2. The van der Waals surface area contributed by atoms with Crippen LogP contribution >= 0.6 is 0 Å². The van der Waals surface area contributed by atoms with Crippen molar-refractivity contribution in [2.75, 3.05) is 6.61 Å². The summed E-state index contributed by atoms with van der Waals surface area (Å²) in [7, 11) is 0. The molecule has 0 atom stereocenters. The number of aryl methyl sites for hydroxylation is 2. The average Bonchev–Trinajstić information content (AvgIpc) is 2.87. The van der Waals surface area contributed by atoms with Gasteiger partial charge in [0.1, 0.15) is 0 Å². The van der Waals surface area contributed by atoms with E-state index in [-0.39, 0.29) is 5.97 Å². The predicted molar refractivity (Wildman–Crippen MR) is 66.1 cm³/mol. The molecule has 18 heavy (non-hydrogen) atoms. The number of pyridine rings is 1. The molecule has 2 rings (SSSR count). The van der Waals surface area contributed by atoms with Crippen LogP contribution in [0, 0.1) is 0 Å². The van der Waals surface area contributed by atoms with Gasteiger partial charge in [0.15, 0.2) is 0 Å². The topological polar surface area (TPSA) is 57.0 Å². The molecule has 0 amide bonds. The summed E-state index contributed by atoms with van der Waals surface area (Å²) in [5.74, 6) is -0.329. The fourth-order valence-electron chi connectivity index (χ4n) is 1.60. The number of rotatable bonds is 5. The molecule has 0 aliphatic carbocycles. The number of esters is 1. The second-order valence-corrected chi connectivity index (χ2v) is 3.82. The smallest absolute Gasteiger partial charge is 0.341 e. The van der Waals surface area contributed by atoms with Gasteiger partial charge in [-0.2, -0.15) is 5.10 Å². The first-order valence-corrected chi connectivity index (χ1v) is 5.88. The molecule has 0 unspecified atom stereocenters. The first-order valence-electron chi connectivity index (χ1n) is 5.88. The largest absolute Gasteiger partial charge is 0.462 e. The van der Waals surface area contributed by atoms with Crippen LogP contribution in [0.25, 0.3) is 0 Å². The minimum atomic E-state index is -0.329. The Morgan fingerprint density at radius 1 is 1.44 bits per heavy atom. The number of hydrogen-bond donors (Lipinski definition) is 0. The normalized spacial score (nSPS) is 10.3. The van der Waals surface area contributed by atoms with E-state index in [4.69, 9.17) is 4.74 Å². The summed E-state index contributed by atoms with van der Waals surface area (Å²) in [6.07, 6.45) is 7.64. The molecule has 2 aromatic heterocycles. The van der Waals surface area contributed by atoms with Crippen molar-refractivity contribution in [1.29, 1.82) is 0 Å². The zero-order valence-corrected chi connectivity index (χ0v) is 10.2. The molecule has 0 radical (unpaired) electrons. The third-order valence-corrected chi connectivity index (χ3v) is 2.50. The van der Waals surface area contributed by atoms with Crippen molar-refractivity contribution in [3.63, 3.8) is 0 Å². The third-order valence-electron chi connectivity index (χ3n) is 2.50. The lowest BCUT2D eigenvalue weighted by molar-refractivity contribution is 0.0526. The Bertz CT molecular complexity index is 508. The molecule has 0 saturated heterocycles. The molecular formula is C13H15N3O2. The molecule has 0 N–H and O–H groups in total. The third kappa shape index (κ3) is 3.16. The molecule has 94 valence electrons. The molecule has 0 aliphatic heterocycles. The number of carbonyl (C=O) groups excluding carboxylic acids is 1. The standard InChI is InChI=1S/C13H15N3O2/c1-2-18-13(17)12-9-15-16(10-12)7-5-11-4-3-6-14-8-11/h3-4,6,8-10H,2,5,7H2,1H3. The zero-order chi connectivity index (χ0) is 12.8. The predicted octanol–water partition coefficient (Wildman–Crippen LogP) is 1.70. The van der Waals surface area contributed by atoms with Gasteiger partial charge < -0.3 is 4.74 Å². The number of hydrogen-bond acceptors (Lipinski definition) is 4. The number of aromatic nitrogens is 3. The van der Waals surface area contributed by atoms with Gasteiger partial charge in [0.25, 0.3) is 0 Å². The van der Waals surface area contributed by atoms with Crippen LogP contribution in [0.15, 0.2) is 36.9 Å². The highest BCUT2D eigenvalue weighted by Gasteiger charge is 2.08. The molecule has 0 fully saturated rings. The van der Waals surface area contributed by atoms with Crippen LogP contribution in [0.5, 0.6) is 0 Å². The van der Waals surface area contributed by atoms with E-state index >= 15 is 0 Å². The van der Waals surface area contributed by atoms with Crippen LogP contribution in [-0.2, 0) is 17.7 Å². The van der Waals surface area contributed by atoms with Gasteiger partial charge >= 0.3 is 5.97 Å². The summed E-state index contributed by atoms with van der Waals surface area (Å²) in [5, 5.41) is 4.13. The maximum Gasteiger partial charge on any atom is 0.341 e. The fourth-order valence-corrected chi connectivity index (χ4v) is 1.60. The maximum absolute atomic E-state index is 11.4. The second-order valence-electron chi connectivity index (χ2n) is 3.82. The van der Waals surface area contributed by atoms with E-state index in [1.165, 1.54) is 6.20 Å². The lowest BCUT2D eigenvalue weighted by Gasteiger charge is -2.01. The van der Waals surface area contributed by atoms with E-state index in [1.807, 2.05) is 18.3 Å². The molecular weight excluding hydrogens is 230 g/mol. The van der Waals surface area contributed by atoms with Gasteiger partial charge in [-0.3, -0.25) is 9.67 Å². The van der Waals surface area contributed by atoms with Crippen LogP contribution in [0.1, 0.15) is 22.8 Å². The van der Waals surface area contributed by atoms with Crippen molar-refractivity contribution in [2.45, 2.75) is 19.9 Å². The molecule has 5 heteroatoms. The van der Waals surface area contributed by atoms with E-state index < -0.39 is 0 Å². The van der Waals surface area contributed by atoms with Crippen molar-refractivity contribution in [2.24, 2.45) is 0 Å². The summed E-state index contributed by atoms with van der Waals surface area (Å²) in [4.78, 5) is 15.5. The second kappa shape index (κ2) is 5.95. The van der Waals surface area contributed by atoms with Gasteiger partial charge in [0.2, 0.25) is 0 Å². The van der Waals surface area contributed by atoms with Crippen molar-refractivity contribution in [1.82, 2.24) is 14.8 Å². The molecule has 0 aromatic carbocycles. The quantitative estimate of drug-likeness (QED) is 0.752. The maximum atomic E-state index is 11.4. The van der Waals surface area contributed by atoms with Crippen LogP contribution in [0.4, 0.5) is 0 Å². The summed E-state index contributed by atoms with van der Waals surface area (Å²) < 4.78 is 6.64. The summed E-state index contributed by atoms with van der Waals surface area (Å²) in [5.41, 5.74) is 1.63. The van der Waals surface area contributed by atoms with Crippen LogP contribution in [0.3, 0.4) is 0 Å². The van der Waals surface area contributed by atoms with E-state index in [2.05, 4.69) is 10.1 Å². The fraction of sp³-hybridized carbons (Fsp3) is 0.308. The van der Waals surface area contributed by atoms with Crippen molar-refractivity contribution >= 4 is 5.97 Å². The number of carbonyl (C=O) groups is 1. The Labute approximate surface area is 105 Å². The molecule has 2 heterocycles. The molecule has 0 saturated carbocycles. The summed E-state index contributed by atoms with van der Waals surface area (Å²) in [6, 6.07) is 3.92. The number of nitrogens with zero attached hydrogens (tertiary/aromatic N) is 3. The van der Waals surface area contributed by atoms with Crippen molar-refractivity contribution in [3.8, 4) is 0 Å². The van der Waals surface area contributed by atoms with E-state index in [1.54, 1.807) is 24.0 Å². The first kappa shape index (κ1) is 12.3. The first-order chi connectivity index (χ1) is 8.79. The van der Waals surface area contributed by atoms with Gasteiger partial charge in [-0.05, 0) is 25.0 Å². The van der Waals surface area contributed by atoms with Gasteiger partial charge in [-0.15, -0.1) is 0 Å². The van der Waals surface area contributed by atoms with Gasteiger partial charge in [-0.25, -0.2) is 4.79 Å².